The van der Waals surface area contributed by atoms with Crippen LogP contribution in [0.5, 0.6) is 0 Å². The van der Waals surface area contributed by atoms with Gasteiger partial charge in [0.15, 0.2) is 5.16 Å². The van der Waals surface area contributed by atoms with Crippen LogP contribution in [0.1, 0.15) is 36.2 Å². The molecule has 1 aromatic heterocycles. The Kier molecular flexibility index (Phi) is 6.29. The lowest BCUT2D eigenvalue weighted by molar-refractivity contribution is 0.135. The number of nitrogens with zero attached hydrogens (tertiary/aromatic N) is 2. The van der Waals surface area contributed by atoms with E-state index in [1.165, 1.54) is 11.8 Å². The quantitative estimate of drug-likeness (QED) is 0.468. The van der Waals surface area contributed by atoms with E-state index in [2.05, 4.69) is 17.4 Å². The van der Waals surface area contributed by atoms with E-state index in [1.807, 2.05) is 35.9 Å². The number of aromatic nitrogens is 2. The maximum absolute atomic E-state index is 13.3. The van der Waals surface area contributed by atoms with Crippen LogP contribution in [0.15, 0.2) is 40.3 Å². The first-order chi connectivity index (χ1) is 12.3. The highest BCUT2D eigenvalue weighted by Crippen LogP contribution is 2.26. The number of hydrogen-bond donors (Lipinski definition) is 1. The first-order valence-corrected chi connectivity index (χ1v) is 10.0. The third-order valence-corrected chi connectivity index (χ3v) is 5.18. The zero-order valence-corrected chi connectivity index (χ0v) is 15.6. The Balaban J connectivity index is 2.09. The van der Waals surface area contributed by atoms with Gasteiger partial charge in [0.05, 0.1) is 11.7 Å². The van der Waals surface area contributed by atoms with E-state index in [-0.39, 0.29) is 11.6 Å². The smallest absolute Gasteiger partial charge is 0.258 e. The molecule has 0 saturated carbocycles. The fraction of sp³-hybridized carbons (Fsp3) is 0.474. The molecule has 1 aliphatic rings. The summed E-state index contributed by atoms with van der Waals surface area (Å²) in [5, 5.41) is 4.08. The van der Waals surface area contributed by atoms with Crippen LogP contribution in [0.4, 0.5) is 0 Å². The first-order valence-electron chi connectivity index (χ1n) is 8.78. The molecule has 1 unspecified atom stereocenters. The minimum atomic E-state index is -0.0598. The van der Waals surface area contributed by atoms with Gasteiger partial charge in [-0.25, -0.2) is 4.98 Å². The molecule has 134 valence electrons. The van der Waals surface area contributed by atoms with Crippen LogP contribution in [0.3, 0.4) is 0 Å². The van der Waals surface area contributed by atoms with E-state index in [0.717, 1.165) is 41.4 Å². The summed E-state index contributed by atoms with van der Waals surface area (Å²) in [6, 6.07) is 10.1. The molecule has 0 spiro atoms. The van der Waals surface area contributed by atoms with Crippen molar-refractivity contribution in [3.63, 3.8) is 0 Å². The molecule has 2 heterocycles. The van der Waals surface area contributed by atoms with E-state index < -0.39 is 0 Å². The Hall–Kier alpha value is -1.63. The summed E-state index contributed by atoms with van der Waals surface area (Å²) in [6.45, 7) is 4.80. The van der Waals surface area contributed by atoms with Crippen molar-refractivity contribution in [3.8, 4) is 0 Å². The molecule has 25 heavy (non-hydrogen) atoms. The summed E-state index contributed by atoms with van der Waals surface area (Å²) in [6.07, 6.45) is 3.47. The van der Waals surface area contributed by atoms with E-state index in [4.69, 9.17) is 9.72 Å². The molecule has 5 nitrogen and oxygen atoms in total. The molecular formula is C19H25N3O2S. The average molecular weight is 359 g/mol. The zero-order chi connectivity index (χ0) is 17.6. The Bertz CT molecular complexity index is 761. The molecule has 6 heteroatoms. The van der Waals surface area contributed by atoms with Crippen LogP contribution in [-0.2, 0) is 17.7 Å². The van der Waals surface area contributed by atoms with Gasteiger partial charge < -0.3 is 10.1 Å². The second-order valence-electron chi connectivity index (χ2n) is 6.04. The average Bonchev–Trinajstić information content (AvgIpc) is 2.66. The van der Waals surface area contributed by atoms with Crippen molar-refractivity contribution in [2.45, 2.75) is 37.5 Å². The Morgan fingerprint density at radius 2 is 2.16 bits per heavy atom. The first kappa shape index (κ1) is 18.2. The van der Waals surface area contributed by atoms with Gasteiger partial charge in [0.2, 0.25) is 0 Å². The van der Waals surface area contributed by atoms with Crippen LogP contribution in [0.2, 0.25) is 0 Å². The lowest BCUT2D eigenvalue weighted by Gasteiger charge is -2.26. The summed E-state index contributed by atoms with van der Waals surface area (Å²) in [5.74, 6) is 0. The summed E-state index contributed by atoms with van der Waals surface area (Å²) in [7, 11) is 0. The summed E-state index contributed by atoms with van der Waals surface area (Å²) in [5.41, 5.74) is 2.97. The number of nitrogens with one attached hydrogen (secondary N) is 1. The van der Waals surface area contributed by atoms with E-state index in [0.29, 0.717) is 19.8 Å². The minimum absolute atomic E-state index is 0.0598. The van der Waals surface area contributed by atoms with Crippen LogP contribution in [-0.4, -0.2) is 35.6 Å². The van der Waals surface area contributed by atoms with Crippen molar-refractivity contribution in [3.05, 3.63) is 57.5 Å². The van der Waals surface area contributed by atoms with Gasteiger partial charge in [-0.3, -0.25) is 9.36 Å². The summed E-state index contributed by atoms with van der Waals surface area (Å²) < 4.78 is 7.46. The lowest BCUT2D eigenvalue weighted by atomic mass is 10.0. The van der Waals surface area contributed by atoms with E-state index >= 15 is 0 Å². The number of benzene rings is 1. The minimum Gasteiger partial charge on any atom is -0.382 e. The van der Waals surface area contributed by atoms with Crippen molar-refractivity contribution in [1.29, 1.82) is 0 Å². The van der Waals surface area contributed by atoms with Crippen LogP contribution in [0, 0.1) is 0 Å². The van der Waals surface area contributed by atoms with Crippen molar-refractivity contribution >= 4 is 11.8 Å². The number of thioether (sulfide) groups is 1. The molecule has 0 aliphatic carbocycles. The third-order valence-electron chi connectivity index (χ3n) is 4.52. The molecule has 0 bridgehead atoms. The maximum atomic E-state index is 13.3. The van der Waals surface area contributed by atoms with E-state index in [1.54, 1.807) is 0 Å². The summed E-state index contributed by atoms with van der Waals surface area (Å²) in [4.78, 5) is 18.1. The molecular weight excluding hydrogens is 334 g/mol. The lowest BCUT2D eigenvalue weighted by Crippen LogP contribution is -2.37. The van der Waals surface area contributed by atoms with Crippen LogP contribution < -0.4 is 10.9 Å². The Morgan fingerprint density at radius 1 is 1.36 bits per heavy atom. The molecule has 0 radical (unpaired) electrons. The SMILES string of the molecule is CCOCCC(c1ccccc1)n1c(SC)nc2c(c1=O)CCNC2. The van der Waals surface area contributed by atoms with Crippen LogP contribution >= 0.6 is 11.8 Å². The number of rotatable bonds is 7. The number of hydrogen-bond acceptors (Lipinski definition) is 5. The molecule has 0 fully saturated rings. The second-order valence-corrected chi connectivity index (χ2v) is 6.81. The normalized spacial score (nSPS) is 15.0. The van der Waals surface area contributed by atoms with Gasteiger partial charge in [-0.1, -0.05) is 42.1 Å². The number of fused-ring (bicyclic) bond motifs is 1. The van der Waals surface area contributed by atoms with Gasteiger partial charge >= 0.3 is 0 Å². The molecule has 1 N–H and O–H groups in total. The van der Waals surface area contributed by atoms with Crippen molar-refractivity contribution in [2.75, 3.05) is 26.0 Å². The number of ether oxygens (including phenoxy) is 1. The van der Waals surface area contributed by atoms with Crippen LogP contribution in [0.25, 0.3) is 0 Å². The van der Waals surface area contributed by atoms with Gasteiger partial charge in [-0.2, -0.15) is 0 Å². The maximum Gasteiger partial charge on any atom is 0.258 e. The summed E-state index contributed by atoms with van der Waals surface area (Å²) >= 11 is 1.53. The van der Waals surface area contributed by atoms with Crippen molar-refractivity contribution in [1.82, 2.24) is 14.9 Å². The fourth-order valence-corrected chi connectivity index (χ4v) is 3.90. The molecule has 1 aliphatic heterocycles. The second kappa shape index (κ2) is 8.65. The largest absolute Gasteiger partial charge is 0.382 e. The monoisotopic (exact) mass is 359 g/mol. The Morgan fingerprint density at radius 3 is 2.88 bits per heavy atom. The Labute approximate surface area is 152 Å². The third kappa shape index (κ3) is 3.97. The molecule has 1 aromatic carbocycles. The van der Waals surface area contributed by atoms with Gasteiger partial charge in [-0.15, -0.1) is 0 Å². The highest BCUT2D eigenvalue weighted by molar-refractivity contribution is 7.98. The molecule has 1 atom stereocenters. The topological polar surface area (TPSA) is 56.2 Å². The zero-order valence-electron chi connectivity index (χ0n) is 14.8. The standard InChI is InChI=1S/C19H25N3O2S/c1-3-24-12-10-17(14-7-5-4-6-8-14)22-18(23)15-9-11-20-13-16(15)21-19(22)25-2/h4-8,17,20H,3,9-13H2,1-2H3. The molecule has 2 aromatic rings. The molecule has 0 amide bonds. The predicted molar refractivity (Wildman–Crippen MR) is 101 cm³/mol. The van der Waals surface area contributed by atoms with E-state index in [9.17, 15) is 4.79 Å². The van der Waals surface area contributed by atoms with Gasteiger partial charge in [-0.05, 0) is 38.1 Å². The van der Waals surface area contributed by atoms with Crippen molar-refractivity contribution < 1.29 is 4.74 Å². The van der Waals surface area contributed by atoms with Gasteiger partial charge in [0, 0.05) is 25.3 Å². The van der Waals surface area contributed by atoms with Gasteiger partial charge in [0.1, 0.15) is 0 Å². The molecule has 3 rings (SSSR count). The highest BCUT2D eigenvalue weighted by atomic mass is 32.2. The fourth-order valence-electron chi connectivity index (χ4n) is 3.29. The van der Waals surface area contributed by atoms with Crippen molar-refractivity contribution in [2.24, 2.45) is 0 Å². The molecule has 0 saturated heterocycles. The van der Waals surface area contributed by atoms with Gasteiger partial charge in [0.25, 0.3) is 5.56 Å². The highest BCUT2D eigenvalue weighted by Gasteiger charge is 2.24. The predicted octanol–water partition coefficient (Wildman–Crippen LogP) is 2.63.